The van der Waals surface area contributed by atoms with Gasteiger partial charge in [-0.3, -0.25) is 4.57 Å². The molecule has 0 radical (unpaired) electrons. The third-order valence-corrected chi connectivity index (χ3v) is 6.72. The molecule has 0 aromatic heterocycles. The number of rotatable bonds is 3. The van der Waals surface area contributed by atoms with Crippen molar-refractivity contribution >= 4 is 36.5 Å². The zero-order valence-electron chi connectivity index (χ0n) is 12.9. The van der Waals surface area contributed by atoms with Gasteiger partial charge in [-0.1, -0.05) is 35.3 Å². The molecule has 4 nitrogen and oxygen atoms in total. The van der Waals surface area contributed by atoms with E-state index in [0.29, 0.717) is 28.6 Å². The van der Waals surface area contributed by atoms with Crippen LogP contribution in [0.3, 0.4) is 0 Å². The van der Waals surface area contributed by atoms with Gasteiger partial charge in [0.2, 0.25) is 0 Å². The number of anilines is 1. The van der Waals surface area contributed by atoms with Crippen LogP contribution in [0.4, 0.5) is 5.69 Å². The molecule has 0 saturated carbocycles. The molecule has 2 N–H and O–H groups in total. The van der Waals surface area contributed by atoms with Gasteiger partial charge in [0.1, 0.15) is 0 Å². The number of piperidine rings is 1. The maximum atomic E-state index is 12.6. The van der Waals surface area contributed by atoms with E-state index in [1.54, 1.807) is 48.5 Å². The van der Waals surface area contributed by atoms with Gasteiger partial charge in [-0.15, -0.1) is 0 Å². The Morgan fingerprint density at radius 3 is 2.00 bits per heavy atom. The predicted octanol–water partition coefficient (Wildman–Crippen LogP) is 5.01. The summed E-state index contributed by atoms with van der Waals surface area (Å²) in [7, 11) is -4.49. The summed E-state index contributed by atoms with van der Waals surface area (Å²) in [4.78, 5) is 22.4. The number of halogens is 2. The van der Waals surface area contributed by atoms with Crippen LogP contribution in [-0.4, -0.2) is 16.3 Å². The molecule has 0 spiro atoms. The molecule has 1 atom stereocenters. The maximum Gasteiger partial charge on any atom is 0.355 e. The minimum atomic E-state index is -4.49. The zero-order valence-corrected chi connectivity index (χ0v) is 15.3. The summed E-state index contributed by atoms with van der Waals surface area (Å²) >= 11 is 11.9. The fourth-order valence-electron chi connectivity index (χ4n) is 3.41. The van der Waals surface area contributed by atoms with Gasteiger partial charge < -0.3 is 14.7 Å². The Morgan fingerprint density at radius 2 is 1.46 bits per heavy atom. The van der Waals surface area contributed by atoms with Gasteiger partial charge in [0, 0.05) is 22.3 Å². The quantitative estimate of drug-likeness (QED) is 0.728. The Kier molecular flexibility index (Phi) is 4.96. The molecule has 3 rings (SSSR count). The minimum absolute atomic E-state index is 0.377. The molecule has 1 fully saturated rings. The maximum absolute atomic E-state index is 12.6. The lowest BCUT2D eigenvalue weighted by Gasteiger charge is -2.48. The SMILES string of the molecule is O=P(O)(O)C1(c2ccc(Cl)cc2)CCCCN1c1ccc(Cl)cc1. The van der Waals surface area contributed by atoms with Crippen LogP contribution < -0.4 is 4.90 Å². The molecule has 128 valence electrons. The minimum Gasteiger partial charge on any atom is -0.351 e. The van der Waals surface area contributed by atoms with Gasteiger partial charge in [-0.2, -0.15) is 0 Å². The van der Waals surface area contributed by atoms with Crippen LogP contribution in [0, 0.1) is 0 Å². The summed E-state index contributed by atoms with van der Waals surface area (Å²) in [6.07, 6.45) is 2.00. The average Bonchev–Trinajstić information content (AvgIpc) is 2.55. The largest absolute Gasteiger partial charge is 0.355 e. The first-order valence-corrected chi connectivity index (χ1v) is 10.1. The lowest BCUT2D eigenvalue weighted by molar-refractivity contribution is 0.290. The fourth-order valence-corrected chi connectivity index (χ4v) is 5.13. The van der Waals surface area contributed by atoms with Crippen LogP contribution in [0.5, 0.6) is 0 Å². The van der Waals surface area contributed by atoms with Crippen molar-refractivity contribution in [1.82, 2.24) is 0 Å². The lowest BCUT2D eigenvalue weighted by Crippen LogP contribution is -2.49. The Bertz CT molecular complexity index is 760. The van der Waals surface area contributed by atoms with Crippen LogP contribution in [0.2, 0.25) is 10.0 Å². The first-order chi connectivity index (χ1) is 11.3. The van der Waals surface area contributed by atoms with E-state index >= 15 is 0 Å². The highest BCUT2D eigenvalue weighted by molar-refractivity contribution is 7.53. The van der Waals surface area contributed by atoms with E-state index in [4.69, 9.17) is 23.2 Å². The summed E-state index contributed by atoms with van der Waals surface area (Å²) in [5.41, 5.74) is 1.33. The Labute approximate surface area is 151 Å². The van der Waals surface area contributed by atoms with Crippen molar-refractivity contribution < 1.29 is 14.4 Å². The van der Waals surface area contributed by atoms with E-state index in [1.807, 2.05) is 4.90 Å². The standard InChI is InChI=1S/C17H18Cl2NO3P/c18-14-5-3-13(4-6-14)17(24(21,22)23)11-1-2-12-20(17)16-9-7-15(19)8-10-16/h3-10H,1-2,11-12H2,(H2,21,22,23). The molecule has 1 aliphatic heterocycles. The highest BCUT2D eigenvalue weighted by atomic mass is 35.5. The van der Waals surface area contributed by atoms with Crippen molar-refractivity contribution in [2.45, 2.75) is 24.5 Å². The predicted molar refractivity (Wildman–Crippen MR) is 97.8 cm³/mol. The van der Waals surface area contributed by atoms with Gasteiger partial charge in [-0.05, 0) is 61.2 Å². The van der Waals surface area contributed by atoms with E-state index in [0.717, 1.165) is 18.5 Å². The monoisotopic (exact) mass is 385 g/mol. The molecule has 0 aliphatic carbocycles. The summed E-state index contributed by atoms with van der Waals surface area (Å²) in [5.74, 6) is 0. The van der Waals surface area contributed by atoms with E-state index in [2.05, 4.69) is 0 Å². The van der Waals surface area contributed by atoms with Crippen molar-refractivity contribution in [2.75, 3.05) is 11.4 Å². The van der Waals surface area contributed by atoms with Crippen molar-refractivity contribution in [2.24, 2.45) is 0 Å². The van der Waals surface area contributed by atoms with Crippen LogP contribution >= 0.6 is 30.8 Å². The number of hydrogen-bond acceptors (Lipinski definition) is 2. The number of nitrogens with zero attached hydrogens (tertiary/aromatic N) is 1. The van der Waals surface area contributed by atoms with Crippen LogP contribution in [-0.2, 0) is 9.85 Å². The normalized spacial score (nSPS) is 21.8. The number of hydrogen-bond donors (Lipinski definition) is 2. The van der Waals surface area contributed by atoms with Crippen molar-refractivity contribution in [3.05, 3.63) is 64.1 Å². The second-order valence-electron chi connectivity index (χ2n) is 5.95. The topological polar surface area (TPSA) is 60.8 Å². The fraction of sp³-hybridized carbons (Fsp3) is 0.294. The van der Waals surface area contributed by atoms with Gasteiger partial charge in [0.05, 0.1) is 0 Å². The molecule has 1 heterocycles. The van der Waals surface area contributed by atoms with E-state index in [9.17, 15) is 14.4 Å². The summed E-state index contributed by atoms with van der Waals surface area (Å²) < 4.78 is 12.6. The van der Waals surface area contributed by atoms with E-state index < -0.39 is 12.9 Å². The molecule has 24 heavy (non-hydrogen) atoms. The lowest BCUT2D eigenvalue weighted by atomic mass is 9.93. The molecule has 1 unspecified atom stereocenters. The van der Waals surface area contributed by atoms with Crippen molar-refractivity contribution in [1.29, 1.82) is 0 Å². The Morgan fingerprint density at radius 1 is 0.917 bits per heavy atom. The molecule has 2 aromatic rings. The second-order valence-corrected chi connectivity index (χ2v) is 8.65. The smallest absolute Gasteiger partial charge is 0.351 e. The van der Waals surface area contributed by atoms with Gasteiger partial charge in [-0.25, -0.2) is 0 Å². The first-order valence-electron chi connectivity index (χ1n) is 7.69. The van der Waals surface area contributed by atoms with E-state index in [1.165, 1.54) is 0 Å². The highest BCUT2D eigenvalue weighted by Crippen LogP contribution is 2.63. The summed E-state index contributed by atoms with van der Waals surface area (Å²) in [5, 5.41) is -0.263. The highest BCUT2D eigenvalue weighted by Gasteiger charge is 2.54. The van der Waals surface area contributed by atoms with E-state index in [-0.39, 0.29) is 0 Å². The molecule has 7 heteroatoms. The van der Waals surface area contributed by atoms with Gasteiger partial charge in [0.15, 0.2) is 5.28 Å². The second kappa shape index (κ2) is 6.70. The summed E-state index contributed by atoms with van der Waals surface area (Å²) in [6, 6.07) is 13.8. The Hall–Kier alpha value is -1.03. The molecule has 1 saturated heterocycles. The van der Waals surface area contributed by atoms with Crippen LogP contribution in [0.25, 0.3) is 0 Å². The van der Waals surface area contributed by atoms with Crippen molar-refractivity contribution in [3.63, 3.8) is 0 Å². The summed E-state index contributed by atoms with van der Waals surface area (Å²) in [6.45, 7) is 0.565. The van der Waals surface area contributed by atoms with Gasteiger partial charge in [0.25, 0.3) is 0 Å². The van der Waals surface area contributed by atoms with Gasteiger partial charge >= 0.3 is 7.60 Å². The molecular weight excluding hydrogens is 368 g/mol. The third kappa shape index (κ3) is 3.10. The number of benzene rings is 2. The van der Waals surface area contributed by atoms with Crippen molar-refractivity contribution in [3.8, 4) is 0 Å². The molecular formula is C17H18Cl2NO3P. The average molecular weight is 386 g/mol. The Balaban J connectivity index is 2.18. The molecule has 1 aliphatic rings. The van der Waals surface area contributed by atoms with Crippen LogP contribution in [0.1, 0.15) is 24.8 Å². The van der Waals surface area contributed by atoms with Crippen LogP contribution in [0.15, 0.2) is 48.5 Å². The third-order valence-electron chi connectivity index (χ3n) is 4.53. The zero-order chi connectivity index (χ0) is 17.4. The molecule has 0 bridgehead atoms. The molecule has 0 amide bonds. The molecule has 2 aromatic carbocycles. The first kappa shape index (κ1) is 17.8.